The summed E-state index contributed by atoms with van der Waals surface area (Å²) in [5.41, 5.74) is 1.60. The van der Waals surface area contributed by atoms with Gasteiger partial charge in [0.1, 0.15) is 5.82 Å². The molecule has 0 spiro atoms. The zero-order valence-electron chi connectivity index (χ0n) is 11.6. The third kappa shape index (κ3) is 3.87. The fourth-order valence-electron chi connectivity index (χ4n) is 1.99. The molecule has 0 N–H and O–H groups in total. The molecule has 0 saturated carbocycles. The molecule has 3 nitrogen and oxygen atoms in total. The van der Waals surface area contributed by atoms with Gasteiger partial charge in [0, 0.05) is 18.5 Å². The van der Waals surface area contributed by atoms with Crippen molar-refractivity contribution < 1.29 is 9.18 Å². The molecular weight excluding hydrogens is 275 g/mol. The van der Waals surface area contributed by atoms with Crippen LogP contribution in [0.4, 0.5) is 4.39 Å². The lowest BCUT2D eigenvalue weighted by Crippen LogP contribution is -2.31. The van der Waals surface area contributed by atoms with Gasteiger partial charge in [-0.25, -0.2) is 9.37 Å². The largest absolute Gasteiger partial charge is 0.338 e. The number of hydrogen-bond donors (Lipinski definition) is 0. The second-order valence-electron chi connectivity index (χ2n) is 4.57. The quantitative estimate of drug-likeness (QED) is 0.848. The van der Waals surface area contributed by atoms with Crippen molar-refractivity contribution in [3.05, 3.63) is 51.7 Å². The molecule has 0 radical (unpaired) electrons. The highest BCUT2D eigenvalue weighted by atomic mass is 32.1. The standard InChI is InChI=1S/C15H17FN2OS/c1-3-18(9-12-5-4-6-13(16)7-12)15(19)8-14-10-20-11(2)17-14/h4-7,10H,3,8-9H2,1-2H3. The molecule has 2 rings (SSSR count). The van der Waals surface area contributed by atoms with Crippen LogP contribution in [-0.2, 0) is 17.8 Å². The highest BCUT2D eigenvalue weighted by Gasteiger charge is 2.14. The van der Waals surface area contributed by atoms with E-state index in [4.69, 9.17) is 0 Å². The van der Waals surface area contributed by atoms with Crippen molar-refractivity contribution in [2.75, 3.05) is 6.54 Å². The zero-order valence-corrected chi connectivity index (χ0v) is 12.4. The summed E-state index contributed by atoms with van der Waals surface area (Å²) in [6.45, 7) is 4.86. The highest BCUT2D eigenvalue weighted by Crippen LogP contribution is 2.12. The summed E-state index contributed by atoms with van der Waals surface area (Å²) in [4.78, 5) is 18.3. The molecule has 0 aliphatic carbocycles. The first kappa shape index (κ1) is 14.7. The molecule has 1 aromatic carbocycles. The molecule has 0 unspecified atom stereocenters. The van der Waals surface area contributed by atoms with E-state index in [1.165, 1.54) is 12.1 Å². The minimum Gasteiger partial charge on any atom is -0.338 e. The van der Waals surface area contributed by atoms with Crippen LogP contribution < -0.4 is 0 Å². The smallest absolute Gasteiger partial charge is 0.228 e. The Kier molecular flexibility index (Phi) is 4.84. The number of aryl methyl sites for hydroxylation is 1. The average molecular weight is 292 g/mol. The second kappa shape index (κ2) is 6.61. The Morgan fingerprint density at radius 2 is 2.25 bits per heavy atom. The number of likely N-dealkylation sites (N-methyl/N-ethyl adjacent to an activating group) is 1. The summed E-state index contributed by atoms with van der Waals surface area (Å²) < 4.78 is 13.2. The molecule has 0 fully saturated rings. The summed E-state index contributed by atoms with van der Waals surface area (Å²) in [5, 5.41) is 2.87. The van der Waals surface area contributed by atoms with E-state index >= 15 is 0 Å². The van der Waals surface area contributed by atoms with Crippen molar-refractivity contribution in [1.29, 1.82) is 0 Å². The zero-order chi connectivity index (χ0) is 14.5. The molecule has 1 amide bonds. The van der Waals surface area contributed by atoms with Gasteiger partial charge in [0.15, 0.2) is 0 Å². The Morgan fingerprint density at radius 3 is 2.85 bits per heavy atom. The number of hydrogen-bond acceptors (Lipinski definition) is 3. The van der Waals surface area contributed by atoms with Crippen LogP contribution in [0.3, 0.4) is 0 Å². The van der Waals surface area contributed by atoms with Crippen LogP contribution in [0.5, 0.6) is 0 Å². The van der Waals surface area contributed by atoms with Gasteiger partial charge in [-0.15, -0.1) is 11.3 Å². The maximum Gasteiger partial charge on any atom is 0.228 e. The van der Waals surface area contributed by atoms with Crippen LogP contribution in [0.15, 0.2) is 29.6 Å². The normalized spacial score (nSPS) is 10.6. The lowest BCUT2D eigenvalue weighted by Gasteiger charge is -2.20. The third-order valence-electron chi connectivity index (χ3n) is 3.00. The molecule has 0 atom stereocenters. The molecule has 0 aliphatic heterocycles. The van der Waals surface area contributed by atoms with E-state index in [0.29, 0.717) is 19.5 Å². The van der Waals surface area contributed by atoms with Crippen molar-refractivity contribution in [3.8, 4) is 0 Å². The van der Waals surface area contributed by atoms with Gasteiger partial charge >= 0.3 is 0 Å². The topological polar surface area (TPSA) is 33.2 Å². The lowest BCUT2D eigenvalue weighted by atomic mass is 10.2. The molecule has 5 heteroatoms. The van der Waals surface area contributed by atoms with Crippen LogP contribution >= 0.6 is 11.3 Å². The molecule has 1 aromatic heterocycles. The molecule has 20 heavy (non-hydrogen) atoms. The van der Waals surface area contributed by atoms with E-state index < -0.39 is 0 Å². The van der Waals surface area contributed by atoms with E-state index in [-0.39, 0.29) is 11.7 Å². The summed E-state index contributed by atoms with van der Waals surface area (Å²) in [6, 6.07) is 6.35. The second-order valence-corrected chi connectivity index (χ2v) is 5.63. The maximum atomic E-state index is 13.2. The summed E-state index contributed by atoms with van der Waals surface area (Å²) in [5.74, 6) is -0.261. The lowest BCUT2D eigenvalue weighted by molar-refractivity contribution is -0.130. The predicted molar refractivity (Wildman–Crippen MR) is 78.0 cm³/mol. The number of nitrogens with zero attached hydrogens (tertiary/aromatic N) is 2. The predicted octanol–water partition coefficient (Wildman–Crippen LogP) is 3.18. The fourth-order valence-corrected chi connectivity index (χ4v) is 2.60. The van der Waals surface area contributed by atoms with Crippen molar-refractivity contribution in [3.63, 3.8) is 0 Å². The molecule has 0 bridgehead atoms. The van der Waals surface area contributed by atoms with Crippen molar-refractivity contribution in [1.82, 2.24) is 9.88 Å². The van der Waals surface area contributed by atoms with Crippen LogP contribution in [0.25, 0.3) is 0 Å². The third-order valence-corrected chi connectivity index (χ3v) is 3.82. The van der Waals surface area contributed by atoms with E-state index in [1.807, 2.05) is 25.3 Å². The molecule has 2 aromatic rings. The van der Waals surface area contributed by atoms with Gasteiger partial charge in [-0.05, 0) is 31.5 Å². The molecule has 0 aliphatic rings. The molecule has 1 heterocycles. The number of carbonyl (C=O) groups is 1. The van der Waals surface area contributed by atoms with Gasteiger partial charge in [0.05, 0.1) is 17.1 Å². The minimum absolute atomic E-state index is 0.0158. The maximum absolute atomic E-state index is 13.2. The first-order valence-corrected chi connectivity index (χ1v) is 7.39. The summed E-state index contributed by atoms with van der Waals surface area (Å²) in [7, 11) is 0. The number of benzene rings is 1. The van der Waals surface area contributed by atoms with Crippen LogP contribution in [0.2, 0.25) is 0 Å². The molecule has 106 valence electrons. The summed E-state index contributed by atoms with van der Waals surface area (Å²) in [6.07, 6.45) is 0.299. The monoisotopic (exact) mass is 292 g/mol. The van der Waals surface area contributed by atoms with Crippen LogP contribution in [0, 0.1) is 12.7 Å². The molecule has 0 saturated heterocycles. The van der Waals surface area contributed by atoms with Crippen LogP contribution in [0.1, 0.15) is 23.2 Å². The van der Waals surface area contributed by atoms with Crippen molar-refractivity contribution in [2.24, 2.45) is 0 Å². The Labute approximate surface area is 122 Å². The van der Waals surface area contributed by atoms with E-state index in [0.717, 1.165) is 16.3 Å². The van der Waals surface area contributed by atoms with Gasteiger partial charge in [-0.3, -0.25) is 4.79 Å². The first-order chi connectivity index (χ1) is 9.58. The number of amides is 1. The Morgan fingerprint density at radius 1 is 1.45 bits per heavy atom. The van der Waals surface area contributed by atoms with Gasteiger partial charge in [-0.2, -0.15) is 0 Å². The van der Waals surface area contributed by atoms with Gasteiger partial charge < -0.3 is 4.90 Å². The van der Waals surface area contributed by atoms with E-state index in [1.54, 1.807) is 22.3 Å². The molecular formula is C15H17FN2OS. The number of rotatable bonds is 5. The fraction of sp³-hybridized carbons (Fsp3) is 0.333. The van der Waals surface area contributed by atoms with Crippen molar-refractivity contribution in [2.45, 2.75) is 26.8 Å². The highest BCUT2D eigenvalue weighted by molar-refractivity contribution is 7.09. The number of thiazole rings is 1. The van der Waals surface area contributed by atoms with Gasteiger partial charge in [0.2, 0.25) is 5.91 Å². The summed E-state index contributed by atoms with van der Waals surface area (Å²) >= 11 is 1.54. The average Bonchev–Trinajstić information content (AvgIpc) is 2.81. The van der Waals surface area contributed by atoms with Gasteiger partial charge in [-0.1, -0.05) is 12.1 Å². The Balaban J connectivity index is 2.02. The van der Waals surface area contributed by atoms with E-state index in [9.17, 15) is 9.18 Å². The van der Waals surface area contributed by atoms with E-state index in [2.05, 4.69) is 4.98 Å². The Hall–Kier alpha value is -1.75. The van der Waals surface area contributed by atoms with Crippen molar-refractivity contribution >= 4 is 17.2 Å². The van der Waals surface area contributed by atoms with Crippen LogP contribution in [-0.4, -0.2) is 22.3 Å². The number of aromatic nitrogens is 1. The SMILES string of the molecule is CCN(Cc1cccc(F)c1)C(=O)Cc1csc(C)n1. The number of halogens is 1. The Bertz CT molecular complexity index is 597. The number of carbonyl (C=O) groups excluding carboxylic acids is 1. The first-order valence-electron chi connectivity index (χ1n) is 6.51. The minimum atomic E-state index is -0.277. The van der Waals surface area contributed by atoms with Gasteiger partial charge in [0.25, 0.3) is 0 Å².